The second-order valence-corrected chi connectivity index (χ2v) is 7.62. The molecule has 0 aliphatic carbocycles. The third-order valence-corrected chi connectivity index (χ3v) is 5.13. The highest BCUT2D eigenvalue weighted by molar-refractivity contribution is 5.94. The lowest BCUT2D eigenvalue weighted by atomic mass is 10.2. The van der Waals surface area contributed by atoms with Crippen molar-refractivity contribution in [3.05, 3.63) is 75.0 Å². The third-order valence-electron chi connectivity index (χ3n) is 5.13. The van der Waals surface area contributed by atoms with Crippen LogP contribution in [0.4, 0.5) is 5.69 Å². The summed E-state index contributed by atoms with van der Waals surface area (Å²) in [7, 11) is 0. The second-order valence-electron chi connectivity index (χ2n) is 7.62. The number of nitrogens with one attached hydrogen (secondary N) is 1. The Morgan fingerprint density at radius 1 is 1.19 bits per heavy atom. The van der Waals surface area contributed by atoms with Crippen molar-refractivity contribution < 1.29 is 14.5 Å². The average Bonchev–Trinajstić information content (AvgIpc) is 3.04. The van der Waals surface area contributed by atoms with Crippen LogP contribution in [0.2, 0.25) is 0 Å². The van der Waals surface area contributed by atoms with Gasteiger partial charge in [0.05, 0.1) is 10.6 Å². The highest BCUT2D eigenvalue weighted by Crippen LogP contribution is 2.32. The van der Waals surface area contributed by atoms with Gasteiger partial charge in [0.1, 0.15) is 5.75 Å². The molecule has 0 radical (unpaired) electrons. The summed E-state index contributed by atoms with van der Waals surface area (Å²) in [5, 5.41) is 18.6. The molecule has 8 heteroatoms. The number of benzene rings is 2. The predicted molar refractivity (Wildman–Crippen MR) is 118 cm³/mol. The summed E-state index contributed by atoms with van der Waals surface area (Å²) in [4.78, 5) is 23.5. The van der Waals surface area contributed by atoms with Crippen LogP contribution in [0, 0.1) is 30.9 Å². The van der Waals surface area contributed by atoms with Crippen LogP contribution in [0.5, 0.6) is 11.6 Å². The van der Waals surface area contributed by atoms with Crippen LogP contribution in [0.15, 0.2) is 42.5 Å². The molecule has 162 valence electrons. The van der Waals surface area contributed by atoms with E-state index in [1.807, 2.05) is 45.0 Å². The van der Waals surface area contributed by atoms with Gasteiger partial charge in [-0.1, -0.05) is 24.6 Å². The van der Waals surface area contributed by atoms with Crippen LogP contribution in [-0.2, 0) is 0 Å². The quantitative estimate of drug-likeness (QED) is 0.425. The zero-order chi connectivity index (χ0) is 22.7. The van der Waals surface area contributed by atoms with Crippen molar-refractivity contribution in [2.75, 3.05) is 0 Å². The molecule has 0 saturated heterocycles. The second kappa shape index (κ2) is 8.99. The molecule has 0 spiro atoms. The maximum Gasteiger partial charge on any atom is 0.272 e. The van der Waals surface area contributed by atoms with Crippen molar-refractivity contribution in [2.24, 2.45) is 0 Å². The van der Waals surface area contributed by atoms with E-state index >= 15 is 0 Å². The number of nitro benzene ring substituents is 1. The molecule has 0 aliphatic rings. The lowest BCUT2D eigenvalue weighted by molar-refractivity contribution is -0.385. The van der Waals surface area contributed by atoms with E-state index < -0.39 is 4.92 Å². The number of hydrogen-bond donors (Lipinski definition) is 1. The average molecular weight is 422 g/mol. The minimum absolute atomic E-state index is 0.0121. The minimum atomic E-state index is -0.432. The molecule has 1 unspecified atom stereocenters. The molecule has 3 rings (SSSR count). The van der Waals surface area contributed by atoms with Gasteiger partial charge in [-0.15, -0.1) is 0 Å². The first-order chi connectivity index (χ1) is 14.7. The van der Waals surface area contributed by atoms with Crippen LogP contribution in [-0.4, -0.2) is 26.7 Å². The highest BCUT2D eigenvalue weighted by atomic mass is 16.6. The van der Waals surface area contributed by atoms with Crippen LogP contribution >= 0.6 is 0 Å². The van der Waals surface area contributed by atoms with Crippen molar-refractivity contribution in [2.45, 2.75) is 47.1 Å². The van der Waals surface area contributed by atoms with Gasteiger partial charge in [-0.2, -0.15) is 9.78 Å². The summed E-state index contributed by atoms with van der Waals surface area (Å²) in [6, 6.07) is 12.2. The van der Waals surface area contributed by atoms with Crippen molar-refractivity contribution in [3.8, 4) is 17.3 Å². The number of rotatable bonds is 7. The van der Waals surface area contributed by atoms with E-state index in [1.54, 1.807) is 24.6 Å². The SMILES string of the molecule is CCC(C)NC(=O)c1nn(-c2ccc(C)cc2)c(Oc2ccc([N+](=O)[O-])c(C)c2)c1C. The first-order valence-electron chi connectivity index (χ1n) is 10.1. The summed E-state index contributed by atoms with van der Waals surface area (Å²) >= 11 is 0. The number of amides is 1. The molecule has 1 heterocycles. The van der Waals surface area contributed by atoms with Crippen molar-refractivity contribution in [3.63, 3.8) is 0 Å². The predicted octanol–water partition coefficient (Wildman–Crippen LogP) is 5.03. The van der Waals surface area contributed by atoms with E-state index in [0.717, 1.165) is 17.7 Å². The molecule has 0 fully saturated rings. The molecule has 8 nitrogen and oxygen atoms in total. The van der Waals surface area contributed by atoms with E-state index in [1.165, 1.54) is 12.1 Å². The molecule has 2 aromatic carbocycles. The summed E-state index contributed by atoms with van der Waals surface area (Å²) < 4.78 is 7.68. The Bertz CT molecular complexity index is 1120. The number of nitro groups is 1. The molecule has 1 N–H and O–H groups in total. The molecular weight excluding hydrogens is 396 g/mol. The Hall–Kier alpha value is -3.68. The number of ether oxygens (including phenoxy) is 1. The number of carbonyl (C=O) groups excluding carboxylic acids is 1. The van der Waals surface area contributed by atoms with E-state index in [4.69, 9.17) is 4.74 Å². The van der Waals surface area contributed by atoms with Gasteiger partial charge < -0.3 is 10.1 Å². The molecule has 3 aromatic rings. The van der Waals surface area contributed by atoms with Gasteiger partial charge in [0.15, 0.2) is 5.69 Å². The van der Waals surface area contributed by atoms with Crippen molar-refractivity contribution in [1.29, 1.82) is 0 Å². The van der Waals surface area contributed by atoms with Crippen LogP contribution in [0.1, 0.15) is 47.4 Å². The van der Waals surface area contributed by atoms with Crippen molar-refractivity contribution >= 4 is 11.6 Å². The van der Waals surface area contributed by atoms with Crippen LogP contribution in [0.3, 0.4) is 0 Å². The fraction of sp³-hybridized carbons (Fsp3) is 0.304. The zero-order valence-corrected chi connectivity index (χ0v) is 18.3. The number of aryl methyl sites for hydroxylation is 2. The first-order valence-corrected chi connectivity index (χ1v) is 10.1. The standard InChI is InChI=1S/C23H26N4O4/c1-6-16(4)24-22(28)21-17(5)23(26(25-21)18-9-7-14(2)8-10-18)31-19-11-12-20(27(29)30)15(3)13-19/h7-13,16H,6H2,1-5H3,(H,24,28). The van der Waals surface area contributed by atoms with Gasteiger partial charge >= 0.3 is 0 Å². The fourth-order valence-corrected chi connectivity index (χ4v) is 3.08. The van der Waals surface area contributed by atoms with Crippen LogP contribution < -0.4 is 10.1 Å². The fourth-order valence-electron chi connectivity index (χ4n) is 3.08. The molecule has 1 aromatic heterocycles. The molecule has 1 amide bonds. The molecule has 0 saturated carbocycles. The monoisotopic (exact) mass is 422 g/mol. The summed E-state index contributed by atoms with van der Waals surface area (Å²) in [5.41, 5.74) is 3.19. The highest BCUT2D eigenvalue weighted by Gasteiger charge is 2.24. The Kier molecular flexibility index (Phi) is 6.39. The maximum atomic E-state index is 12.8. The Balaban J connectivity index is 2.06. The van der Waals surface area contributed by atoms with E-state index in [2.05, 4.69) is 10.4 Å². The number of nitrogens with zero attached hydrogens (tertiary/aromatic N) is 3. The van der Waals surface area contributed by atoms with E-state index in [9.17, 15) is 14.9 Å². The van der Waals surface area contributed by atoms with Gasteiger partial charge in [0.25, 0.3) is 11.6 Å². The molecule has 0 aliphatic heterocycles. The third kappa shape index (κ3) is 4.74. The van der Waals surface area contributed by atoms with Crippen LogP contribution in [0.25, 0.3) is 5.69 Å². The van der Waals surface area contributed by atoms with Gasteiger partial charge in [0, 0.05) is 23.2 Å². The normalized spacial score (nSPS) is 11.8. The molecule has 0 bridgehead atoms. The van der Waals surface area contributed by atoms with Gasteiger partial charge in [-0.3, -0.25) is 14.9 Å². The van der Waals surface area contributed by atoms with E-state index in [-0.39, 0.29) is 23.3 Å². The largest absolute Gasteiger partial charge is 0.439 e. The number of carbonyl (C=O) groups is 1. The summed E-state index contributed by atoms with van der Waals surface area (Å²) in [6.07, 6.45) is 0.800. The Morgan fingerprint density at radius 2 is 1.87 bits per heavy atom. The Morgan fingerprint density at radius 3 is 2.45 bits per heavy atom. The van der Waals surface area contributed by atoms with Gasteiger partial charge in [-0.05, 0) is 58.4 Å². The van der Waals surface area contributed by atoms with Gasteiger partial charge in [-0.25, -0.2) is 0 Å². The lowest BCUT2D eigenvalue weighted by Gasteiger charge is -2.11. The zero-order valence-electron chi connectivity index (χ0n) is 18.3. The summed E-state index contributed by atoms with van der Waals surface area (Å²) in [6.45, 7) is 9.34. The molecular formula is C23H26N4O4. The molecule has 1 atom stereocenters. The van der Waals surface area contributed by atoms with E-state index in [0.29, 0.717) is 22.8 Å². The topological polar surface area (TPSA) is 99.3 Å². The Labute approximate surface area is 181 Å². The summed E-state index contributed by atoms with van der Waals surface area (Å²) in [5.74, 6) is 0.530. The smallest absolute Gasteiger partial charge is 0.272 e. The number of hydrogen-bond acceptors (Lipinski definition) is 5. The lowest BCUT2D eigenvalue weighted by Crippen LogP contribution is -2.32. The minimum Gasteiger partial charge on any atom is -0.439 e. The maximum absolute atomic E-state index is 12.8. The van der Waals surface area contributed by atoms with Gasteiger partial charge in [0.2, 0.25) is 5.88 Å². The number of aromatic nitrogens is 2. The molecule has 31 heavy (non-hydrogen) atoms. The van der Waals surface area contributed by atoms with Crippen molar-refractivity contribution in [1.82, 2.24) is 15.1 Å². The first kappa shape index (κ1) is 22.0.